The third kappa shape index (κ3) is 3.11. The highest BCUT2D eigenvalue weighted by molar-refractivity contribution is 6.40. The van der Waals surface area contributed by atoms with Crippen molar-refractivity contribution < 1.29 is 0 Å². The van der Waals surface area contributed by atoms with Crippen molar-refractivity contribution in [2.75, 3.05) is 0 Å². The average molecular weight is 245 g/mol. The summed E-state index contributed by atoms with van der Waals surface area (Å²) in [6, 6.07) is 5.19. The number of benzene rings is 1. The van der Waals surface area contributed by atoms with Gasteiger partial charge in [-0.25, -0.2) is 0 Å². The topological polar surface area (TPSA) is 76.8 Å². The minimum atomic E-state index is -0.113. The van der Waals surface area contributed by atoms with Crippen LogP contribution in [-0.4, -0.2) is 11.7 Å². The molecule has 4 N–H and O–H groups in total. The summed E-state index contributed by atoms with van der Waals surface area (Å²) in [5.41, 5.74) is 11.5. The quantitative estimate of drug-likeness (QED) is 0.475. The van der Waals surface area contributed by atoms with Crippen LogP contribution in [0, 0.1) is 0 Å². The summed E-state index contributed by atoms with van der Waals surface area (Å²) in [5.74, 6) is -0.113. The Morgan fingerprint density at radius 3 is 2.13 bits per heavy atom. The normalized spacial score (nSPS) is 11.3. The molecule has 0 bridgehead atoms. The molecule has 1 aromatic rings. The first kappa shape index (κ1) is 11.8. The molecule has 0 aromatic heterocycles. The van der Waals surface area contributed by atoms with Crippen molar-refractivity contribution >= 4 is 34.9 Å². The van der Waals surface area contributed by atoms with Gasteiger partial charge >= 0.3 is 0 Å². The number of nitrogens with two attached hydrogens (primary N) is 2. The Kier molecular flexibility index (Phi) is 3.94. The van der Waals surface area contributed by atoms with Gasteiger partial charge in [-0.3, -0.25) is 0 Å². The molecule has 0 atom stereocenters. The summed E-state index contributed by atoms with van der Waals surface area (Å²) in [6.07, 6.45) is 0. The van der Waals surface area contributed by atoms with Crippen LogP contribution in [-0.2, 0) is 0 Å². The van der Waals surface area contributed by atoms with Crippen LogP contribution in [0.1, 0.15) is 12.5 Å². The van der Waals surface area contributed by atoms with E-state index in [1.54, 1.807) is 25.1 Å². The number of hydrogen-bond donors (Lipinski definition) is 2. The van der Waals surface area contributed by atoms with Gasteiger partial charge in [-0.2, -0.15) is 5.10 Å². The van der Waals surface area contributed by atoms with Crippen molar-refractivity contribution in [3.8, 4) is 0 Å². The van der Waals surface area contributed by atoms with Crippen LogP contribution in [0.15, 0.2) is 28.4 Å². The van der Waals surface area contributed by atoms with Crippen LogP contribution < -0.4 is 11.5 Å². The highest BCUT2D eigenvalue weighted by Gasteiger charge is 2.08. The van der Waals surface area contributed by atoms with Crippen LogP contribution >= 0.6 is 23.2 Å². The third-order valence-electron chi connectivity index (χ3n) is 1.64. The summed E-state index contributed by atoms with van der Waals surface area (Å²) in [4.78, 5) is 0. The first-order valence-corrected chi connectivity index (χ1v) is 4.85. The van der Waals surface area contributed by atoms with E-state index in [0.717, 1.165) is 0 Å². The molecule has 1 rings (SSSR count). The minimum absolute atomic E-state index is 0.113. The monoisotopic (exact) mass is 244 g/mol. The van der Waals surface area contributed by atoms with Gasteiger partial charge in [0.1, 0.15) is 0 Å². The van der Waals surface area contributed by atoms with E-state index in [4.69, 9.17) is 34.7 Å². The first-order chi connectivity index (χ1) is 7.02. The standard InChI is InChI=1S/C9H10Cl2N4/c1-5(14-15-9(12)13)8-6(10)3-2-4-7(8)11/h2-4H,1H3,(H4,12,13,15). The number of rotatable bonds is 2. The molecule has 80 valence electrons. The second-order valence-electron chi connectivity index (χ2n) is 2.81. The SMILES string of the molecule is CC(=NN=C(N)N)c1c(Cl)cccc1Cl. The van der Waals surface area contributed by atoms with Gasteiger partial charge < -0.3 is 11.5 Å². The van der Waals surface area contributed by atoms with E-state index in [-0.39, 0.29) is 5.96 Å². The highest BCUT2D eigenvalue weighted by atomic mass is 35.5. The lowest BCUT2D eigenvalue weighted by molar-refractivity contribution is 1.20. The van der Waals surface area contributed by atoms with Gasteiger partial charge in [-0.1, -0.05) is 29.3 Å². The molecule has 0 aliphatic carbocycles. The predicted molar refractivity (Wildman–Crippen MR) is 64.5 cm³/mol. The molecule has 0 heterocycles. The largest absolute Gasteiger partial charge is 0.369 e. The van der Waals surface area contributed by atoms with Crippen molar-refractivity contribution in [2.45, 2.75) is 6.92 Å². The number of nitrogens with zero attached hydrogens (tertiary/aromatic N) is 2. The summed E-state index contributed by atoms with van der Waals surface area (Å²) >= 11 is 11.9. The lowest BCUT2D eigenvalue weighted by atomic mass is 10.1. The van der Waals surface area contributed by atoms with Gasteiger partial charge in [0, 0.05) is 5.56 Å². The Balaban J connectivity index is 3.16. The van der Waals surface area contributed by atoms with Crippen LogP contribution in [0.5, 0.6) is 0 Å². The van der Waals surface area contributed by atoms with Crippen molar-refractivity contribution in [1.29, 1.82) is 0 Å². The van der Waals surface area contributed by atoms with Gasteiger partial charge in [0.05, 0.1) is 15.8 Å². The number of halogens is 2. The second kappa shape index (κ2) is 5.00. The van der Waals surface area contributed by atoms with Gasteiger partial charge in [-0.15, -0.1) is 5.10 Å². The molecule has 0 spiro atoms. The third-order valence-corrected chi connectivity index (χ3v) is 2.27. The lowest BCUT2D eigenvalue weighted by Gasteiger charge is -2.04. The zero-order chi connectivity index (χ0) is 11.4. The van der Waals surface area contributed by atoms with Crippen molar-refractivity contribution in [3.05, 3.63) is 33.8 Å². The maximum absolute atomic E-state index is 5.96. The molecular weight excluding hydrogens is 235 g/mol. The summed E-state index contributed by atoms with van der Waals surface area (Å²) in [7, 11) is 0. The lowest BCUT2D eigenvalue weighted by Crippen LogP contribution is -2.22. The van der Waals surface area contributed by atoms with E-state index < -0.39 is 0 Å². The molecule has 15 heavy (non-hydrogen) atoms. The Hall–Kier alpha value is -1.26. The molecule has 6 heteroatoms. The van der Waals surface area contributed by atoms with E-state index in [1.807, 2.05) is 0 Å². The Morgan fingerprint density at radius 1 is 1.13 bits per heavy atom. The molecule has 0 unspecified atom stereocenters. The van der Waals surface area contributed by atoms with Gasteiger partial charge in [0.15, 0.2) is 0 Å². The fourth-order valence-corrected chi connectivity index (χ4v) is 1.70. The van der Waals surface area contributed by atoms with Gasteiger partial charge in [-0.05, 0) is 19.1 Å². The van der Waals surface area contributed by atoms with E-state index in [1.165, 1.54) is 0 Å². The Bertz CT molecular complexity index is 402. The minimum Gasteiger partial charge on any atom is -0.369 e. The second-order valence-corrected chi connectivity index (χ2v) is 3.62. The van der Waals surface area contributed by atoms with Crippen LogP contribution in [0.3, 0.4) is 0 Å². The maximum atomic E-state index is 5.96. The molecule has 0 amide bonds. The molecule has 0 aliphatic heterocycles. The zero-order valence-corrected chi connectivity index (χ0v) is 9.55. The number of guanidine groups is 1. The molecule has 0 radical (unpaired) electrons. The highest BCUT2D eigenvalue weighted by Crippen LogP contribution is 2.24. The zero-order valence-electron chi connectivity index (χ0n) is 8.04. The van der Waals surface area contributed by atoms with E-state index in [9.17, 15) is 0 Å². The Labute approximate surface area is 97.6 Å². The smallest absolute Gasteiger partial charge is 0.211 e. The molecule has 0 fully saturated rings. The number of hydrogen-bond acceptors (Lipinski definition) is 2. The van der Waals surface area contributed by atoms with E-state index in [2.05, 4.69) is 10.2 Å². The van der Waals surface area contributed by atoms with Gasteiger partial charge in [0.25, 0.3) is 0 Å². The van der Waals surface area contributed by atoms with Crippen LogP contribution in [0.2, 0.25) is 10.0 Å². The van der Waals surface area contributed by atoms with Crippen molar-refractivity contribution in [1.82, 2.24) is 0 Å². The molecule has 0 saturated heterocycles. The van der Waals surface area contributed by atoms with Crippen molar-refractivity contribution in [2.24, 2.45) is 21.7 Å². The fraction of sp³-hybridized carbons (Fsp3) is 0.111. The first-order valence-electron chi connectivity index (χ1n) is 4.10. The van der Waals surface area contributed by atoms with Crippen LogP contribution in [0.4, 0.5) is 0 Å². The molecule has 0 aliphatic rings. The maximum Gasteiger partial charge on any atom is 0.211 e. The van der Waals surface area contributed by atoms with E-state index in [0.29, 0.717) is 21.3 Å². The molecule has 4 nitrogen and oxygen atoms in total. The molecule has 0 saturated carbocycles. The summed E-state index contributed by atoms with van der Waals surface area (Å²) in [6.45, 7) is 1.72. The fourth-order valence-electron chi connectivity index (χ4n) is 1.03. The van der Waals surface area contributed by atoms with Crippen LogP contribution in [0.25, 0.3) is 0 Å². The molecule has 1 aromatic carbocycles. The molecular formula is C9H10Cl2N4. The van der Waals surface area contributed by atoms with E-state index >= 15 is 0 Å². The van der Waals surface area contributed by atoms with Gasteiger partial charge in [0.2, 0.25) is 5.96 Å². The summed E-state index contributed by atoms with van der Waals surface area (Å²) in [5, 5.41) is 8.34. The summed E-state index contributed by atoms with van der Waals surface area (Å²) < 4.78 is 0. The predicted octanol–water partition coefficient (Wildman–Crippen LogP) is 1.99. The van der Waals surface area contributed by atoms with Crippen molar-refractivity contribution in [3.63, 3.8) is 0 Å². The Morgan fingerprint density at radius 2 is 1.67 bits per heavy atom. The average Bonchev–Trinajstić information content (AvgIpc) is 2.14.